The first-order chi connectivity index (χ1) is 13.5. The minimum atomic E-state index is -0.489. The van der Waals surface area contributed by atoms with E-state index in [0.717, 1.165) is 16.9 Å². The highest BCUT2D eigenvalue weighted by Crippen LogP contribution is 2.33. The summed E-state index contributed by atoms with van der Waals surface area (Å²) in [5.41, 5.74) is 3.03. The third-order valence-electron chi connectivity index (χ3n) is 4.97. The van der Waals surface area contributed by atoms with Crippen molar-refractivity contribution in [2.24, 2.45) is 0 Å². The lowest BCUT2D eigenvalue weighted by Crippen LogP contribution is -2.36. The first kappa shape index (κ1) is 18.1. The third kappa shape index (κ3) is 3.45. The molecule has 2 aliphatic rings. The van der Waals surface area contributed by atoms with E-state index in [1.54, 1.807) is 6.07 Å². The van der Waals surface area contributed by atoms with Gasteiger partial charge in [0.05, 0.1) is 17.3 Å². The zero-order valence-corrected chi connectivity index (χ0v) is 15.8. The van der Waals surface area contributed by atoms with Crippen LogP contribution < -0.4 is 20.1 Å². The number of hydrogen-bond acceptors (Lipinski definition) is 4. The second-order valence-electron chi connectivity index (χ2n) is 6.95. The Morgan fingerprint density at radius 1 is 1.25 bits per heavy atom. The van der Waals surface area contributed by atoms with Gasteiger partial charge in [-0.05, 0) is 43.2 Å². The van der Waals surface area contributed by atoms with E-state index in [1.165, 1.54) is 0 Å². The Morgan fingerprint density at radius 2 is 2.07 bits per heavy atom. The van der Waals surface area contributed by atoms with Crippen molar-refractivity contribution >= 4 is 23.6 Å². The molecule has 0 bridgehead atoms. The summed E-state index contributed by atoms with van der Waals surface area (Å²) in [4.78, 5) is 24.6. The van der Waals surface area contributed by atoms with Gasteiger partial charge in [-0.15, -0.1) is 0 Å². The minimum Gasteiger partial charge on any atom is -0.488 e. The SMILES string of the molecule is CCC1Oc2cc(C(C)NC(=O)C3=Cc4ccccc4OC3)ccc2NC1=O. The average molecular weight is 378 g/mol. The molecule has 0 aliphatic carbocycles. The van der Waals surface area contributed by atoms with E-state index < -0.39 is 6.10 Å². The number of hydrogen-bond donors (Lipinski definition) is 2. The van der Waals surface area contributed by atoms with E-state index in [-0.39, 0.29) is 24.5 Å². The van der Waals surface area contributed by atoms with Crippen molar-refractivity contribution in [3.8, 4) is 11.5 Å². The van der Waals surface area contributed by atoms with Crippen molar-refractivity contribution in [1.82, 2.24) is 5.32 Å². The molecule has 2 atom stereocenters. The highest BCUT2D eigenvalue weighted by atomic mass is 16.5. The molecule has 0 saturated heterocycles. The van der Waals surface area contributed by atoms with Gasteiger partial charge in [0, 0.05) is 5.56 Å². The van der Waals surface area contributed by atoms with Crippen molar-refractivity contribution in [2.45, 2.75) is 32.4 Å². The van der Waals surface area contributed by atoms with Crippen LogP contribution in [-0.2, 0) is 9.59 Å². The summed E-state index contributed by atoms with van der Waals surface area (Å²) in [5, 5.41) is 5.86. The summed E-state index contributed by atoms with van der Waals surface area (Å²) in [7, 11) is 0. The number of rotatable bonds is 4. The van der Waals surface area contributed by atoms with Crippen LogP contribution in [0.5, 0.6) is 11.5 Å². The highest BCUT2D eigenvalue weighted by molar-refractivity contribution is 5.99. The molecule has 2 aromatic carbocycles. The maximum absolute atomic E-state index is 12.7. The van der Waals surface area contributed by atoms with Crippen LogP contribution in [0.1, 0.15) is 37.4 Å². The molecule has 6 heteroatoms. The van der Waals surface area contributed by atoms with E-state index in [0.29, 0.717) is 23.4 Å². The number of nitrogens with one attached hydrogen (secondary N) is 2. The van der Waals surface area contributed by atoms with Crippen LogP contribution in [0.4, 0.5) is 5.69 Å². The van der Waals surface area contributed by atoms with Crippen molar-refractivity contribution in [1.29, 1.82) is 0 Å². The maximum atomic E-state index is 12.7. The molecule has 28 heavy (non-hydrogen) atoms. The molecule has 2 amide bonds. The van der Waals surface area contributed by atoms with Crippen molar-refractivity contribution in [3.05, 3.63) is 59.2 Å². The van der Waals surface area contributed by atoms with Crippen LogP contribution in [0.15, 0.2) is 48.0 Å². The number of amides is 2. The number of fused-ring (bicyclic) bond motifs is 2. The Hall–Kier alpha value is -3.28. The molecule has 0 saturated carbocycles. The van der Waals surface area contributed by atoms with Gasteiger partial charge in [0.15, 0.2) is 6.10 Å². The summed E-state index contributed by atoms with van der Waals surface area (Å²) in [6.07, 6.45) is 1.97. The zero-order chi connectivity index (χ0) is 19.7. The standard InChI is InChI=1S/C22H22N2O4/c1-3-18-22(26)24-17-9-8-14(11-20(17)28-18)13(2)23-21(25)16-10-15-6-4-5-7-19(15)27-12-16/h4-11,13,18H,3,12H2,1-2H3,(H,23,25)(H,24,26). The van der Waals surface area contributed by atoms with Gasteiger partial charge >= 0.3 is 0 Å². The summed E-state index contributed by atoms with van der Waals surface area (Å²) in [6, 6.07) is 12.9. The van der Waals surface area contributed by atoms with Gasteiger partial charge < -0.3 is 20.1 Å². The Labute approximate surface area is 163 Å². The maximum Gasteiger partial charge on any atom is 0.265 e. The normalized spacial score (nSPS) is 18.4. The lowest BCUT2D eigenvalue weighted by Gasteiger charge is -2.26. The lowest BCUT2D eigenvalue weighted by atomic mass is 10.0. The van der Waals surface area contributed by atoms with Crippen LogP contribution >= 0.6 is 0 Å². The fourth-order valence-corrected chi connectivity index (χ4v) is 3.32. The van der Waals surface area contributed by atoms with Gasteiger partial charge in [-0.25, -0.2) is 0 Å². The highest BCUT2D eigenvalue weighted by Gasteiger charge is 2.27. The first-order valence-corrected chi connectivity index (χ1v) is 9.40. The number of anilines is 1. The van der Waals surface area contributed by atoms with Gasteiger partial charge in [-0.3, -0.25) is 9.59 Å². The number of ether oxygens (including phenoxy) is 2. The molecular weight excluding hydrogens is 356 g/mol. The molecule has 144 valence electrons. The Kier molecular flexibility index (Phi) is 4.77. The predicted octanol–water partition coefficient (Wildman–Crippen LogP) is 3.45. The van der Waals surface area contributed by atoms with Gasteiger partial charge in [-0.2, -0.15) is 0 Å². The van der Waals surface area contributed by atoms with E-state index in [9.17, 15) is 9.59 Å². The molecule has 0 spiro atoms. The van der Waals surface area contributed by atoms with Crippen molar-refractivity contribution in [2.75, 3.05) is 11.9 Å². The third-order valence-corrected chi connectivity index (χ3v) is 4.97. The quantitative estimate of drug-likeness (QED) is 0.854. The van der Waals surface area contributed by atoms with Gasteiger partial charge in [0.2, 0.25) is 0 Å². The van der Waals surface area contributed by atoms with E-state index in [4.69, 9.17) is 9.47 Å². The molecule has 2 heterocycles. The molecule has 2 aromatic rings. The zero-order valence-electron chi connectivity index (χ0n) is 15.8. The molecule has 0 radical (unpaired) electrons. The molecule has 2 N–H and O–H groups in total. The number of carbonyl (C=O) groups is 2. The molecule has 0 fully saturated rings. The van der Waals surface area contributed by atoms with Crippen LogP contribution in [0.25, 0.3) is 6.08 Å². The molecule has 4 rings (SSSR count). The van der Waals surface area contributed by atoms with E-state index >= 15 is 0 Å². The Morgan fingerprint density at radius 3 is 2.89 bits per heavy atom. The summed E-state index contributed by atoms with van der Waals surface area (Å²) < 4.78 is 11.5. The molecule has 0 aromatic heterocycles. The monoisotopic (exact) mass is 378 g/mol. The van der Waals surface area contributed by atoms with E-state index in [2.05, 4.69) is 10.6 Å². The van der Waals surface area contributed by atoms with E-state index in [1.807, 2.05) is 56.3 Å². The van der Waals surface area contributed by atoms with Crippen molar-refractivity contribution in [3.63, 3.8) is 0 Å². The van der Waals surface area contributed by atoms with Crippen LogP contribution in [0.3, 0.4) is 0 Å². The first-order valence-electron chi connectivity index (χ1n) is 9.40. The second-order valence-corrected chi connectivity index (χ2v) is 6.95. The molecule has 2 unspecified atom stereocenters. The topological polar surface area (TPSA) is 76.7 Å². The Bertz CT molecular complexity index is 967. The fourth-order valence-electron chi connectivity index (χ4n) is 3.32. The lowest BCUT2D eigenvalue weighted by molar-refractivity contribution is -0.123. The van der Waals surface area contributed by atoms with Crippen LogP contribution in [0.2, 0.25) is 0 Å². The second kappa shape index (κ2) is 7.38. The van der Waals surface area contributed by atoms with Crippen molar-refractivity contribution < 1.29 is 19.1 Å². The predicted molar refractivity (Wildman–Crippen MR) is 106 cm³/mol. The van der Waals surface area contributed by atoms with Gasteiger partial charge in [-0.1, -0.05) is 31.2 Å². The molecular formula is C22H22N2O4. The average Bonchev–Trinajstić information content (AvgIpc) is 2.72. The summed E-state index contributed by atoms with van der Waals surface area (Å²) in [5.74, 6) is 1.11. The molecule has 6 nitrogen and oxygen atoms in total. The smallest absolute Gasteiger partial charge is 0.265 e. The van der Waals surface area contributed by atoms with Crippen LogP contribution in [0, 0.1) is 0 Å². The van der Waals surface area contributed by atoms with Crippen LogP contribution in [-0.4, -0.2) is 24.5 Å². The number of para-hydroxylation sites is 1. The van der Waals surface area contributed by atoms with Gasteiger partial charge in [0.1, 0.15) is 18.1 Å². The molecule has 2 aliphatic heterocycles. The largest absolute Gasteiger partial charge is 0.488 e. The number of benzene rings is 2. The summed E-state index contributed by atoms with van der Waals surface area (Å²) in [6.45, 7) is 4.06. The fraction of sp³-hybridized carbons (Fsp3) is 0.273. The Balaban J connectivity index is 1.49. The van der Waals surface area contributed by atoms with Gasteiger partial charge in [0.25, 0.3) is 11.8 Å². The minimum absolute atomic E-state index is 0.131. The summed E-state index contributed by atoms with van der Waals surface area (Å²) >= 11 is 0. The number of carbonyl (C=O) groups excluding carboxylic acids is 2.